The number of nitrogens with one attached hydrogen (secondary N) is 2. The zero-order valence-electron chi connectivity index (χ0n) is 12.6. The van der Waals surface area contributed by atoms with Crippen molar-refractivity contribution in [3.8, 4) is 5.75 Å². The first-order valence-corrected chi connectivity index (χ1v) is 7.85. The number of halogens is 1. The highest BCUT2D eigenvalue weighted by Gasteiger charge is 2.12. The minimum absolute atomic E-state index is 0.375. The molecule has 5 nitrogen and oxygen atoms in total. The molecule has 0 aliphatic rings. The van der Waals surface area contributed by atoms with Gasteiger partial charge in [0.1, 0.15) is 5.75 Å². The van der Waals surface area contributed by atoms with Crippen molar-refractivity contribution in [2.24, 2.45) is 0 Å². The molecule has 0 saturated carbocycles. The Bertz CT molecular complexity index is 686. The first-order chi connectivity index (χ1) is 11.1. The van der Waals surface area contributed by atoms with Gasteiger partial charge < -0.3 is 15.4 Å². The van der Waals surface area contributed by atoms with Crippen molar-refractivity contribution in [1.29, 1.82) is 0 Å². The van der Waals surface area contributed by atoms with Crippen LogP contribution in [0.2, 0.25) is 0 Å². The van der Waals surface area contributed by atoms with Crippen LogP contribution >= 0.6 is 15.9 Å². The summed E-state index contributed by atoms with van der Waals surface area (Å²) in [4.78, 5) is 23.6. The van der Waals surface area contributed by atoms with Crippen molar-refractivity contribution >= 4 is 33.4 Å². The molecule has 23 heavy (non-hydrogen) atoms. The maximum Gasteiger partial charge on any atom is 0.313 e. The number of amides is 2. The molecule has 2 aromatic carbocycles. The van der Waals surface area contributed by atoms with Crippen LogP contribution in [0.25, 0.3) is 0 Å². The molecule has 2 aromatic rings. The zero-order chi connectivity index (χ0) is 16.7. The summed E-state index contributed by atoms with van der Waals surface area (Å²) in [6.07, 6.45) is 0.620. The summed E-state index contributed by atoms with van der Waals surface area (Å²) in [5.74, 6) is -0.574. The van der Waals surface area contributed by atoms with E-state index in [0.29, 0.717) is 18.7 Å². The molecule has 2 N–H and O–H groups in total. The van der Waals surface area contributed by atoms with Crippen LogP contribution in [0.3, 0.4) is 0 Å². The van der Waals surface area contributed by atoms with Crippen LogP contribution in [0.5, 0.6) is 5.75 Å². The minimum Gasteiger partial charge on any atom is -0.497 e. The summed E-state index contributed by atoms with van der Waals surface area (Å²) in [7, 11) is 1.60. The molecule has 0 heterocycles. The number of methoxy groups -OCH3 is 1. The molecule has 2 rings (SSSR count). The number of hydrogen-bond donors (Lipinski definition) is 2. The topological polar surface area (TPSA) is 67.4 Å². The molecular formula is C17H17BrN2O3. The Labute approximate surface area is 143 Å². The van der Waals surface area contributed by atoms with E-state index in [1.807, 2.05) is 24.3 Å². The van der Waals surface area contributed by atoms with Gasteiger partial charge in [0.15, 0.2) is 0 Å². The zero-order valence-corrected chi connectivity index (χ0v) is 14.2. The smallest absolute Gasteiger partial charge is 0.313 e. The molecule has 0 spiro atoms. The van der Waals surface area contributed by atoms with Gasteiger partial charge in [0.05, 0.1) is 7.11 Å². The van der Waals surface area contributed by atoms with E-state index in [4.69, 9.17) is 4.74 Å². The van der Waals surface area contributed by atoms with Crippen LogP contribution in [-0.2, 0) is 16.0 Å². The van der Waals surface area contributed by atoms with E-state index in [1.165, 1.54) is 0 Å². The Kier molecular flexibility index (Phi) is 6.17. The van der Waals surface area contributed by atoms with Gasteiger partial charge in [0, 0.05) is 16.7 Å². The molecule has 120 valence electrons. The molecule has 0 aliphatic heterocycles. The predicted octanol–water partition coefficient (Wildman–Crippen LogP) is 2.76. The largest absolute Gasteiger partial charge is 0.497 e. The normalized spacial score (nSPS) is 10.0. The van der Waals surface area contributed by atoms with E-state index in [2.05, 4.69) is 26.6 Å². The second kappa shape index (κ2) is 8.33. The SMILES string of the molecule is COc1cccc(CCNC(=O)C(=O)Nc2ccc(Br)cc2)c1. The average molecular weight is 377 g/mol. The molecule has 0 bridgehead atoms. The Morgan fingerprint density at radius 1 is 1.09 bits per heavy atom. The van der Waals surface area contributed by atoms with Gasteiger partial charge in [-0.1, -0.05) is 28.1 Å². The monoisotopic (exact) mass is 376 g/mol. The maximum absolute atomic E-state index is 11.8. The lowest BCUT2D eigenvalue weighted by Crippen LogP contribution is -2.36. The molecule has 0 aliphatic carbocycles. The molecule has 0 aromatic heterocycles. The second-order valence-electron chi connectivity index (χ2n) is 4.82. The molecule has 6 heteroatoms. The highest BCUT2D eigenvalue weighted by molar-refractivity contribution is 9.10. The van der Waals surface area contributed by atoms with Gasteiger partial charge in [0.2, 0.25) is 0 Å². The summed E-state index contributed by atoms with van der Waals surface area (Å²) < 4.78 is 6.04. The number of anilines is 1. The van der Waals surface area contributed by atoms with E-state index in [9.17, 15) is 9.59 Å². The fourth-order valence-electron chi connectivity index (χ4n) is 1.95. The lowest BCUT2D eigenvalue weighted by molar-refractivity contribution is -0.136. The Morgan fingerprint density at radius 3 is 2.52 bits per heavy atom. The number of ether oxygens (including phenoxy) is 1. The quantitative estimate of drug-likeness (QED) is 0.788. The van der Waals surface area contributed by atoms with E-state index < -0.39 is 11.8 Å². The number of hydrogen-bond acceptors (Lipinski definition) is 3. The van der Waals surface area contributed by atoms with Gasteiger partial charge in [-0.3, -0.25) is 9.59 Å². The first-order valence-electron chi connectivity index (χ1n) is 7.06. The van der Waals surface area contributed by atoms with Crippen molar-refractivity contribution in [1.82, 2.24) is 5.32 Å². The van der Waals surface area contributed by atoms with Crippen molar-refractivity contribution < 1.29 is 14.3 Å². The third-order valence-corrected chi connectivity index (χ3v) is 3.67. The highest BCUT2D eigenvalue weighted by atomic mass is 79.9. The Balaban J connectivity index is 1.79. The third-order valence-electron chi connectivity index (χ3n) is 3.14. The first kappa shape index (κ1) is 17.0. The number of benzene rings is 2. The molecule has 0 radical (unpaired) electrons. The van der Waals surface area contributed by atoms with Crippen LogP contribution in [0.4, 0.5) is 5.69 Å². The summed E-state index contributed by atoms with van der Waals surface area (Å²) in [5.41, 5.74) is 1.60. The van der Waals surface area contributed by atoms with Gasteiger partial charge in [-0.25, -0.2) is 0 Å². The second-order valence-corrected chi connectivity index (χ2v) is 5.73. The average Bonchev–Trinajstić information content (AvgIpc) is 2.57. The summed E-state index contributed by atoms with van der Waals surface area (Å²) in [5, 5.41) is 5.14. The third kappa shape index (κ3) is 5.41. The van der Waals surface area contributed by atoms with Crippen LogP contribution in [0.15, 0.2) is 53.0 Å². The van der Waals surface area contributed by atoms with E-state index >= 15 is 0 Å². The van der Waals surface area contributed by atoms with Gasteiger partial charge in [-0.05, 0) is 48.4 Å². The maximum atomic E-state index is 11.8. The summed E-state index contributed by atoms with van der Waals surface area (Å²) >= 11 is 3.31. The number of rotatable bonds is 5. The lowest BCUT2D eigenvalue weighted by Gasteiger charge is -2.07. The minimum atomic E-state index is -0.682. The Morgan fingerprint density at radius 2 is 1.83 bits per heavy atom. The molecule has 0 atom stereocenters. The fraction of sp³-hybridized carbons (Fsp3) is 0.176. The summed E-state index contributed by atoms with van der Waals surface area (Å²) in [6.45, 7) is 0.375. The molecule has 2 amide bonds. The molecule has 0 fully saturated rings. The molecule has 0 unspecified atom stereocenters. The van der Waals surface area contributed by atoms with Crippen molar-refractivity contribution in [2.75, 3.05) is 19.0 Å². The van der Waals surface area contributed by atoms with Gasteiger partial charge in [0.25, 0.3) is 0 Å². The van der Waals surface area contributed by atoms with Gasteiger partial charge in [-0.15, -0.1) is 0 Å². The molecular weight excluding hydrogens is 360 g/mol. The van der Waals surface area contributed by atoms with Crippen LogP contribution < -0.4 is 15.4 Å². The fourth-order valence-corrected chi connectivity index (χ4v) is 2.21. The van der Waals surface area contributed by atoms with Crippen LogP contribution in [0.1, 0.15) is 5.56 Å². The van der Waals surface area contributed by atoms with Crippen molar-refractivity contribution in [3.05, 3.63) is 58.6 Å². The van der Waals surface area contributed by atoms with Crippen LogP contribution in [0, 0.1) is 0 Å². The van der Waals surface area contributed by atoms with E-state index in [-0.39, 0.29) is 0 Å². The van der Waals surface area contributed by atoms with E-state index in [1.54, 1.807) is 31.4 Å². The predicted molar refractivity (Wildman–Crippen MR) is 92.5 cm³/mol. The number of carbonyl (C=O) groups excluding carboxylic acids is 2. The lowest BCUT2D eigenvalue weighted by atomic mass is 10.1. The standard InChI is InChI=1S/C17H17BrN2O3/c1-23-15-4-2-3-12(11-15)9-10-19-16(21)17(22)20-14-7-5-13(18)6-8-14/h2-8,11H,9-10H2,1H3,(H,19,21)(H,20,22). The highest BCUT2D eigenvalue weighted by Crippen LogP contribution is 2.14. The van der Waals surface area contributed by atoms with Crippen molar-refractivity contribution in [3.63, 3.8) is 0 Å². The summed E-state index contributed by atoms with van der Waals surface area (Å²) in [6, 6.07) is 14.6. The Hall–Kier alpha value is -2.34. The van der Waals surface area contributed by atoms with Crippen LogP contribution in [-0.4, -0.2) is 25.5 Å². The van der Waals surface area contributed by atoms with E-state index in [0.717, 1.165) is 15.8 Å². The van der Waals surface area contributed by atoms with Gasteiger partial charge >= 0.3 is 11.8 Å². The molecule has 0 saturated heterocycles. The number of carbonyl (C=O) groups is 2. The van der Waals surface area contributed by atoms with Gasteiger partial charge in [-0.2, -0.15) is 0 Å². The van der Waals surface area contributed by atoms with Crippen molar-refractivity contribution in [2.45, 2.75) is 6.42 Å².